The van der Waals surface area contributed by atoms with Gasteiger partial charge in [-0.1, -0.05) is 96.1 Å². The first-order chi connectivity index (χ1) is 23.6. The van der Waals surface area contributed by atoms with Crippen LogP contribution in [0.3, 0.4) is 0 Å². The Labute approximate surface area is 288 Å². The predicted octanol–water partition coefficient (Wildman–Crippen LogP) is 7.08. The van der Waals surface area contributed by atoms with Crippen molar-refractivity contribution in [1.82, 2.24) is 0 Å². The van der Waals surface area contributed by atoms with E-state index >= 15 is 0 Å². The fourth-order valence-electron chi connectivity index (χ4n) is 4.82. The molecule has 0 aliphatic heterocycles. The predicted molar refractivity (Wildman–Crippen MR) is 189 cm³/mol. The van der Waals surface area contributed by atoms with E-state index in [4.69, 9.17) is 17.8 Å². The van der Waals surface area contributed by atoms with Crippen LogP contribution < -0.4 is 14.4 Å². The van der Waals surface area contributed by atoms with Gasteiger partial charge in [-0.05, 0) is 49.2 Å². The van der Waals surface area contributed by atoms with Crippen LogP contribution in [-0.2, 0) is 41.8 Å². The van der Waals surface area contributed by atoms with E-state index in [1.807, 2.05) is 74.5 Å². The van der Waals surface area contributed by atoms with Gasteiger partial charge in [0.25, 0.3) is 20.2 Å². The second-order valence-electron chi connectivity index (χ2n) is 11.4. The maximum atomic E-state index is 13.0. The summed E-state index contributed by atoms with van der Waals surface area (Å²) in [4.78, 5) is 1.87. The van der Waals surface area contributed by atoms with Gasteiger partial charge >= 0.3 is 0 Å². The smallest absolute Gasteiger partial charge is 0.297 e. The Morgan fingerprint density at radius 1 is 0.510 bits per heavy atom. The maximum Gasteiger partial charge on any atom is 0.297 e. The molecule has 0 aromatic heterocycles. The summed E-state index contributed by atoms with van der Waals surface area (Å²) < 4.78 is 75.0. The molecule has 0 aliphatic rings. The van der Waals surface area contributed by atoms with Crippen LogP contribution in [0.5, 0.6) is 11.5 Å². The first kappa shape index (κ1) is 35.6. The molecule has 5 aromatic rings. The van der Waals surface area contributed by atoms with Crippen LogP contribution in [0.2, 0.25) is 0 Å². The molecule has 11 heteroatoms. The van der Waals surface area contributed by atoms with Gasteiger partial charge in [0.05, 0.1) is 23.0 Å². The van der Waals surface area contributed by atoms with Gasteiger partial charge in [-0.25, -0.2) is 0 Å². The van der Waals surface area contributed by atoms with Gasteiger partial charge in [0.15, 0.2) is 0 Å². The molecule has 0 aliphatic carbocycles. The van der Waals surface area contributed by atoms with E-state index < -0.39 is 20.2 Å². The third-order valence-electron chi connectivity index (χ3n) is 7.55. The number of nitrogens with zero attached hydrogens (tertiary/aromatic N) is 1. The number of hydrogen-bond acceptors (Lipinski definition) is 9. The largest absolute Gasteiger partial charge is 0.489 e. The molecule has 9 nitrogen and oxygen atoms in total. The minimum Gasteiger partial charge on any atom is -0.489 e. The molecule has 0 N–H and O–H groups in total. The van der Waals surface area contributed by atoms with Crippen LogP contribution in [0.15, 0.2) is 137 Å². The molecule has 0 saturated carbocycles. The highest BCUT2D eigenvalue weighted by molar-refractivity contribution is 7.87. The van der Waals surface area contributed by atoms with Gasteiger partial charge in [-0.3, -0.25) is 8.37 Å². The summed E-state index contributed by atoms with van der Waals surface area (Å²) in [5, 5.41) is 0. The van der Waals surface area contributed by atoms with Gasteiger partial charge in [0, 0.05) is 37.0 Å². The minimum absolute atomic E-state index is 0.0464. The van der Waals surface area contributed by atoms with Gasteiger partial charge in [0.2, 0.25) is 0 Å². The minimum atomic E-state index is -4.04. The SMILES string of the molecule is Cc1ccc(S(=O)(=O)OCCN(CCOS(=O)(=O)c2ccc(C)cc2)c2cc(OCc3ccccc3)cc(OCc3ccccc3)c2)cc1. The lowest BCUT2D eigenvalue weighted by Gasteiger charge is -2.26. The Kier molecular flexibility index (Phi) is 12.1. The van der Waals surface area contributed by atoms with Gasteiger partial charge in [0.1, 0.15) is 24.7 Å². The number of hydrogen-bond donors (Lipinski definition) is 0. The van der Waals surface area contributed by atoms with Gasteiger partial charge in [-0.15, -0.1) is 0 Å². The Balaban J connectivity index is 1.39. The fraction of sp³-hybridized carbons (Fsp3) is 0.211. The molecular weight excluding hydrogens is 663 g/mol. The zero-order chi connectivity index (χ0) is 34.7. The Morgan fingerprint density at radius 2 is 0.898 bits per heavy atom. The van der Waals surface area contributed by atoms with E-state index in [1.54, 1.807) is 47.4 Å². The molecule has 0 fully saturated rings. The average Bonchev–Trinajstić information content (AvgIpc) is 3.10. The lowest BCUT2D eigenvalue weighted by molar-refractivity contribution is 0.288. The van der Waals surface area contributed by atoms with Crippen molar-refractivity contribution in [3.63, 3.8) is 0 Å². The summed E-state index contributed by atoms with van der Waals surface area (Å²) in [5.74, 6) is 1.02. The van der Waals surface area contributed by atoms with Crippen molar-refractivity contribution in [1.29, 1.82) is 0 Å². The highest BCUT2D eigenvalue weighted by atomic mass is 32.2. The highest BCUT2D eigenvalue weighted by Gasteiger charge is 2.19. The second kappa shape index (κ2) is 16.6. The van der Waals surface area contributed by atoms with Crippen molar-refractivity contribution < 1.29 is 34.7 Å². The quantitative estimate of drug-likeness (QED) is 0.0940. The third kappa shape index (κ3) is 10.7. The Bertz CT molecular complexity index is 1860. The van der Waals surface area contributed by atoms with Crippen LogP contribution in [0, 0.1) is 13.8 Å². The number of ether oxygens (including phenoxy) is 2. The summed E-state index contributed by atoms with van der Waals surface area (Å²) in [6, 6.07) is 37.6. The molecular formula is C38H39NO8S2. The van der Waals surface area contributed by atoms with Crippen molar-refractivity contribution >= 4 is 25.9 Å². The normalized spacial score (nSPS) is 11.6. The average molecular weight is 702 g/mol. The summed E-state index contributed by atoms with van der Waals surface area (Å²) in [5.41, 5.74) is 4.39. The lowest BCUT2D eigenvalue weighted by atomic mass is 10.2. The molecule has 0 bridgehead atoms. The Morgan fingerprint density at radius 3 is 1.29 bits per heavy atom. The first-order valence-corrected chi connectivity index (χ1v) is 18.5. The van der Waals surface area contributed by atoms with Crippen molar-refractivity contribution in [3.05, 3.63) is 150 Å². The molecule has 0 radical (unpaired) electrons. The molecule has 5 rings (SSSR count). The molecule has 0 atom stereocenters. The second-order valence-corrected chi connectivity index (χ2v) is 14.6. The molecule has 256 valence electrons. The summed E-state index contributed by atoms with van der Waals surface area (Å²) in [6.45, 7) is 4.08. The first-order valence-electron chi connectivity index (χ1n) is 15.7. The van der Waals surface area contributed by atoms with Crippen LogP contribution in [0.25, 0.3) is 0 Å². The molecule has 5 aromatic carbocycles. The van der Waals surface area contributed by atoms with E-state index in [0.717, 1.165) is 22.3 Å². The topological polar surface area (TPSA) is 108 Å². The molecule has 0 spiro atoms. The fourth-order valence-corrected chi connectivity index (χ4v) is 6.62. The number of anilines is 1. The summed E-state index contributed by atoms with van der Waals surface area (Å²) >= 11 is 0. The Hall–Kier alpha value is -4.68. The monoisotopic (exact) mass is 701 g/mol. The standard InChI is InChI=1S/C38H39NO8S2/c1-30-13-17-37(18-14-30)48(40,41)46-23-21-39(22-24-47-49(42,43)38-19-15-31(2)16-20-38)34-25-35(44-28-32-9-5-3-6-10-32)27-36(26-34)45-29-33-11-7-4-8-12-33/h3-20,25-27H,21-24,28-29H2,1-2H3. The van der Waals surface area contributed by atoms with E-state index in [0.29, 0.717) is 30.4 Å². The van der Waals surface area contributed by atoms with Crippen LogP contribution in [-0.4, -0.2) is 43.1 Å². The molecule has 0 amide bonds. The van der Waals surface area contributed by atoms with Crippen molar-refractivity contribution in [2.45, 2.75) is 36.9 Å². The number of rotatable bonds is 17. The summed E-state index contributed by atoms with van der Waals surface area (Å²) in [6.07, 6.45) is 0. The van der Waals surface area contributed by atoms with Crippen molar-refractivity contribution in [3.8, 4) is 11.5 Å². The summed E-state index contributed by atoms with van der Waals surface area (Å²) in [7, 11) is -8.07. The van der Waals surface area contributed by atoms with E-state index in [1.165, 1.54) is 24.3 Å². The zero-order valence-corrected chi connectivity index (χ0v) is 29.0. The number of benzene rings is 5. The zero-order valence-electron chi connectivity index (χ0n) is 27.4. The molecule has 49 heavy (non-hydrogen) atoms. The molecule has 0 unspecified atom stereocenters. The van der Waals surface area contributed by atoms with Crippen LogP contribution in [0.4, 0.5) is 5.69 Å². The third-order valence-corrected chi connectivity index (χ3v) is 10.2. The van der Waals surface area contributed by atoms with E-state index in [2.05, 4.69) is 0 Å². The van der Waals surface area contributed by atoms with Crippen LogP contribution >= 0.6 is 0 Å². The maximum absolute atomic E-state index is 13.0. The number of aryl methyl sites for hydroxylation is 2. The molecule has 0 saturated heterocycles. The van der Waals surface area contributed by atoms with Crippen molar-refractivity contribution in [2.75, 3.05) is 31.2 Å². The van der Waals surface area contributed by atoms with Gasteiger partial charge in [-0.2, -0.15) is 16.8 Å². The van der Waals surface area contributed by atoms with Gasteiger partial charge < -0.3 is 14.4 Å². The highest BCUT2D eigenvalue weighted by Crippen LogP contribution is 2.30. The van der Waals surface area contributed by atoms with Crippen molar-refractivity contribution in [2.24, 2.45) is 0 Å². The lowest BCUT2D eigenvalue weighted by Crippen LogP contribution is -2.32. The molecule has 0 heterocycles. The van der Waals surface area contributed by atoms with E-state index in [-0.39, 0.29) is 36.1 Å². The van der Waals surface area contributed by atoms with Crippen LogP contribution in [0.1, 0.15) is 22.3 Å². The van der Waals surface area contributed by atoms with E-state index in [9.17, 15) is 16.8 Å².